The Hall–Kier alpha value is -2.10. The van der Waals surface area contributed by atoms with Gasteiger partial charge in [0.25, 0.3) is 0 Å². The molecule has 0 bridgehead atoms. The lowest BCUT2D eigenvalue weighted by molar-refractivity contribution is 0.627. The number of nitrogens with two attached hydrogens (primary N) is 1. The van der Waals surface area contributed by atoms with Gasteiger partial charge in [-0.1, -0.05) is 12.1 Å². The number of hydrogen-bond donors (Lipinski definition) is 2. The maximum Gasteiger partial charge on any atom is 0.125 e. The molecule has 0 heterocycles. The second-order valence-electron chi connectivity index (χ2n) is 3.71. The minimum atomic E-state index is -0.366. The van der Waals surface area contributed by atoms with Gasteiger partial charge < -0.3 is 11.1 Å². The fourth-order valence-electron chi connectivity index (χ4n) is 1.49. The van der Waals surface area contributed by atoms with Gasteiger partial charge in [-0.3, -0.25) is 0 Å². The first-order valence-corrected chi connectivity index (χ1v) is 5.18. The van der Waals surface area contributed by atoms with E-state index >= 15 is 0 Å². The Morgan fingerprint density at radius 1 is 0.941 bits per heavy atom. The first-order valence-electron chi connectivity index (χ1n) is 5.18. The summed E-state index contributed by atoms with van der Waals surface area (Å²) in [6.07, 6.45) is 0. The molecule has 0 atom stereocenters. The molecule has 2 nitrogen and oxygen atoms in total. The third kappa shape index (κ3) is 2.93. The highest BCUT2D eigenvalue weighted by Gasteiger charge is 2.00. The Morgan fingerprint density at radius 3 is 2.24 bits per heavy atom. The summed E-state index contributed by atoms with van der Waals surface area (Å²) >= 11 is 0. The summed E-state index contributed by atoms with van der Waals surface area (Å²) in [7, 11) is 0. The highest BCUT2D eigenvalue weighted by molar-refractivity contribution is 5.65. The fraction of sp³-hybridized carbons (Fsp3) is 0.0769. The van der Waals surface area contributed by atoms with Crippen molar-refractivity contribution in [2.24, 2.45) is 0 Å². The number of nitrogens with one attached hydrogen (secondary N) is 1. The van der Waals surface area contributed by atoms with E-state index in [1.807, 2.05) is 0 Å². The van der Waals surface area contributed by atoms with Crippen molar-refractivity contribution in [1.29, 1.82) is 0 Å². The van der Waals surface area contributed by atoms with Gasteiger partial charge in [0.15, 0.2) is 0 Å². The normalized spacial score (nSPS) is 10.2. The fourth-order valence-corrected chi connectivity index (χ4v) is 1.49. The number of halogens is 2. The predicted molar refractivity (Wildman–Crippen MR) is 64.5 cm³/mol. The molecule has 0 spiro atoms. The number of hydrogen-bond acceptors (Lipinski definition) is 2. The van der Waals surface area contributed by atoms with Crippen molar-refractivity contribution in [3.05, 3.63) is 59.7 Å². The average molecular weight is 234 g/mol. The van der Waals surface area contributed by atoms with E-state index in [2.05, 4.69) is 5.32 Å². The van der Waals surface area contributed by atoms with Crippen LogP contribution in [0.5, 0.6) is 0 Å². The molecule has 2 rings (SSSR count). The number of benzene rings is 2. The molecule has 17 heavy (non-hydrogen) atoms. The van der Waals surface area contributed by atoms with Gasteiger partial charge in [-0.2, -0.15) is 0 Å². The van der Waals surface area contributed by atoms with Crippen LogP contribution in [0.15, 0.2) is 42.5 Å². The van der Waals surface area contributed by atoms with Crippen molar-refractivity contribution >= 4 is 11.4 Å². The first-order chi connectivity index (χ1) is 8.15. The largest absolute Gasteiger partial charge is 0.397 e. The van der Waals surface area contributed by atoms with Gasteiger partial charge in [0.05, 0.1) is 11.4 Å². The number of nitrogen functional groups attached to an aromatic ring is 1. The molecule has 0 saturated carbocycles. The average Bonchev–Trinajstić information content (AvgIpc) is 2.30. The number of anilines is 2. The summed E-state index contributed by atoms with van der Waals surface area (Å²) in [5, 5.41) is 3.06. The Bertz CT molecular complexity index is 509. The molecule has 2 aromatic rings. The van der Waals surface area contributed by atoms with Gasteiger partial charge in [-0.05, 0) is 35.9 Å². The quantitative estimate of drug-likeness (QED) is 0.800. The molecule has 0 unspecified atom stereocenters. The predicted octanol–water partition coefficient (Wildman–Crippen LogP) is 3.16. The molecule has 0 radical (unpaired) electrons. The maximum atomic E-state index is 12.8. The molecule has 0 amide bonds. The Balaban J connectivity index is 2.04. The molecule has 4 heteroatoms. The molecule has 0 saturated heterocycles. The summed E-state index contributed by atoms with van der Waals surface area (Å²) < 4.78 is 25.5. The lowest BCUT2D eigenvalue weighted by Gasteiger charge is -2.09. The second-order valence-corrected chi connectivity index (χ2v) is 3.71. The van der Waals surface area contributed by atoms with Crippen molar-refractivity contribution in [3.8, 4) is 0 Å². The van der Waals surface area contributed by atoms with Crippen LogP contribution in [0.2, 0.25) is 0 Å². The van der Waals surface area contributed by atoms with E-state index in [0.29, 0.717) is 17.9 Å². The van der Waals surface area contributed by atoms with Crippen LogP contribution >= 0.6 is 0 Å². The summed E-state index contributed by atoms with van der Waals surface area (Å²) in [6.45, 7) is 0.510. The summed E-state index contributed by atoms with van der Waals surface area (Å²) in [5.41, 5.74) is 7.59. The van der Waals surface area contributed by atoms with Gasteiger partial charge >= 0.3 is 0 Å². The first kappa shape index (κ1) is 11.4. The Morgan fingerprint density at radius 2 is 1.59 bits per heavy atom. The maximum absolute atomic E-state index is 12.8. The molecule has 0 aliphatic rings. The van der Waals surface area contributed by atoms with Gasteiger partial charge in [0.2, 0.25) is 0 Å². The standard InChI is InChI=1S/C13H12F2N2/c14-10-3-1-9(2-4-10)8-17-13-6-5-11(15)7-12(13)16/h1-7,17H,8,16H2. The monoisotopic (exact) mass is 234 g/mol. The highest BCUT2D eigenvalue weighted by Crippen LogP contribution is 2.19. The number of rotatable bonds is 3. The Labute approximate surface area is 98.1 Å². The molecular formula is C13H12F2N2. The summed E-state index contributed by atoms with van der Waals surface area (Å²) in [5.74, 6) is -0.634. The van der Waals surface area contributed by atoms with Gasteiger partial charge in [-0.25, -0.2) is 8.78 Å². The second kappa shape index (κ2) is 4.82. The third-order valence-electron chi connectivity index (χ3n) is 2.41. The van der Waals surface area contributed by atoms with E-state index in [1.54, 1.807) is 18.2 Å². The van der Waals surface area contributed by atoms with Crippen LogP contribution in [0.4, 0.5) is 20.2 Å². The zero-order valence-electron chi connectivity index (χ0n) is 9.08. The van der Waals surface area contributed by atoms with E-state index in [-0.39, 0.29) is 11.6 Å². The molecule has 88 valence electrons. The molecule has 0 aromatic heterocycles. The van der Waals surface area contributed by atoms with Crippen LogP contribution in [0, 0.1) is 11.6 Å². The molecule has 0 aliphatic carbocycles. The molecule has 0 fully saturated rings. The van der Waals surface area contributed by atoms with E-state index in [4.69, 9.17) is 5.73 Å². The van der Waals surface area contributed by atoms with Gasteiger partial charge in [0.1, 0.15) is 11.6 Å². The van der Waals surface area contributed by atoms with Gasteiger partial charge in [-0.15, -0.1) is 0 Å². The van der Waals surface area contributed by atoms with E-state index < -0.39 is 0 Å². The smallest absolute Gasteiger partial charge is 0.125 e. The molecular weight excluding hydrogens is 222 g/mol. The molecule has 3 N–H and O–H groups in total. The minimum Gasteiger partial charge on any atom is -0.397 e. The van der Waals surface area contributed by atoms with E-state index in [9.17, 15) is 8.78 Å². The topological polar surface area (TPSA) is 38.0 Å². The van der Waals surface area contributed by atoms with Crippen LogP contribution in [-0.4, -0.2) is 0 Å². The van der Waals surface area contributed by atoms with Crippen molar-refractivity contribution in [2.75, 3.05) is 11.1 Å². The van der Waals surface area contributed by atoms with Crippen molar-refractivity contribution in [2.45, 2.75) is 6.54 Å². The van der Waals surface area contributed by atoms with Crippen molar-refractivity contribution < 1.29 is 8.78 Å². The third-order valence-corrected chi connectivity index (χ3v) is 2.41. The zero-order chi connectivity index (χ0) is 12.3. The van der Waals surface area contributed by atoms with Crippen LogP contribution in [0.25, 0.3) is 0 Å². The Kier molecular flexibility index (Phi) is 3.23. The lowest BCUT2D eigenvalue weighted by Crippen LogP contribution is -2.02. The highest BCUT2D eigenvalue weighted by atomic mass is 19.1. The lowest BCUT2D eigenvalue weighted by atomic mass is 10.2. The van der Waals surface area contributed by atoms with Crippen LogP contribution in [0.3, 0.4) is 0 Å². The van der Waals surface area contributed by atoms with Crippen LogP contribution in [-0.2, 0) is 6.54 Å². The van der Waals surface area contributed by atoms with Crippen molar-refractivity contribution in [3.63, 3.8) is 0 Å². The van der Waals surface area contributed by atoms with Crippen LogP contribution in [0.1, 0.15) is 5.56 Å². The van der Waals surface area contributed by atoms with Crippen molar-refractivity contribution in [1.82, 2.24) is 0 Å². The van der Waals surface area contributed by atoms with E-state index in [0.717, 1.165) is 5.56 Å². The molecule has 2 aromatic carbocycles. The zero-order valence-corrected chi connectivity index (χ0v) is 9.08. The summed E-state index contributed by atoms with van der Waals surface area (Å²) in [6, 6.07) is 10.3. The summed E-state index contributed by atoms with van der Waals surface area (Å²) in [4.78, 5) is 0. The SMILES string of the molecule is Nc1cc(F)ccc1NCc1ccc(F)cc1. The van der Waals surface area contributed by atoms with Crippen LogP contribution < -0.4 is 11.1 Å². The minimum absolute atomic E-state index is 0.268. The van der Waals surface area contributed by atoms with E-state index in [1.165, 1.54) is 24.3 Å². The van der Waals surface area contributed by atoms with Gasteiger partial charge in [0, 0.05) is 6.54 Å². The molecule has 0 aliphatic heterocycles.